The maximum atomic E-state index is 12.3. The van der Waals surface area contributed by atoms with Crippen molar-refractivity contribution in [1.82, 2.24) is 4.90 Å². The van der Waals surface area contributed by atoms with Crippen LogP contribution in [0.1, 0.15) is 76.8 Å². The summed E-state index contributed by atoms with van der Waals surface area (Å²) in [6.45, 7) is 8.27. The van der Waals surface area contributed by atoms with Crippen LogP contribution in [0.15, 0.2) is 48.1 Å². The van der Waals surface area contributed by atoms with E-state index < -0.39 is 6.10 Å². The fraction of sp³-hybridized carbons (Fsp3) is 0.633. The van der Waals surface area contributed by atoms with E-state index in [2.05, 4.69) is 58.0 Å². The van der Waals surface area contributed by atoms with Gasteiger partial charge in [0.05, 0.1) is 12.2 Å². The number of rotatable bonds is 10. The van der Waals surface area contributed by atoms with Crippen molar-refractivity contribution in [2.45, 2.75) is 96.8 Å². The normalized spacial score (nSPS) is 25.4. The second-order valence-electron chi connectivity index (χ2n) is 11.6. The number of hydrogen-bond acceptors (Lipinski definition) is 3. The largest absolute Gasteiger partial charge is 0.392 e. The van der Waals surface area contributed by atoms with Gasteiger partial charge in [-0.2, -0.15) is 0 Å². The van der Waals surface area contributed by atoms with Gasteiger partial charge < -0.3 is 15.1 Å². The van der Waals surface area contributed by atoms with Gasteiger partial charge in [0.15, 0.2) is 0 Å². The molecule has 34 heavy (non-hydrogen) atoms. The molecule has 1 fully saturated rings. The predicted octanol–water partition coefficient (Wildman–Crippen LogP) is 5.61. The van der Waals surface area contributed by atoms with Gasteiger partial charge in [0.2, 0.25) is 5.91 Å². The van der Waals surface area contributed by atoms with Crippen molar-refractivity contribution < 1.29 is 15.0 Å². The molecular formula is C30H45NO3. The molecule has 188 valence electrons. The number of unbranched alkanes of at least 4 members (excludes halogenated alkanes) is 2. The summed E-state index contributed by atoms with van der Waals surface area (Å²) in [7, 11) is 1.89. The molecule has 0 radical (unpaired) electrons. The fourth-order valence-electron chi connectivity index (χ4n) is 5.54. The van der Waals surface area contributed by atoms with Crippen LogP contribution in [0.2, 0.25) is 0 Å². The first-order valence-electron chi connectivity index (χ1n) is 13.1. The first-order valence-corrected chi connectivity index (χ1v) is 13.1. The molecule has 0 spiro atoms. The van der Waals surface area contributed by atoms with Crippen LogP contribution in [-0.4, -0.2) is 45.8 Å². The molecule has 0 aromatic heterocycles. The number of benzene rings is 1. The maximum absolute atomic E-state index is 12.3. The lowest BCUT2D eigenvalue weighted by molar-refractivity contribution is -0.134. The number of allylic oxidation sites excluding steroid dienone is 2. The fourth-order valence-corrected chi connectivity index (χ4v) is 5.54. The number of nitrogens with zero attached hydrogens (tertiary/aromatic N) is 1. The van der Waals surface area contributed by atoms with Crippen LogP contribution in [0.4, 0.5) is 0 Å². The highest BCUT2D eigenvalue weighted by molar-refractivity contribution is 5.76. The van der Waals surface area contributed by atoms with E-state index in [0.29, 0.717) is 24.7 Å². The van der Waals surface area contributed by atoms with Crippen LogP contribution in [0.25, 0.3) is 0 Å². The summed E-state index contributed by atoms with van der Waals surface area (Å²) in [5.74, 6) is 1.26. The van der Waals surface area contributed by atoms with Gasteiger partial charge in [0.1, 0.15) is 0 Å². The third-order valence-corrected chi connectivity index (χ3v) is 7.80. The van der Waals surface area contributed by atoms with Gasteiger partial charge in [-0.3, -0.25) is 4.79 Å². The summed E-state index contributed by atoms with van der Waals surface area (Å²) >= 11 is 0. The number of aliphatic hydroxyl groups excluding tert-OH is 2. The van der Waals surface area contributed by atoms with Crippen molar-refractivity contribution in [3.05, 3.63) is 59.2 Å². The lowest BCUT2D eigenvalue weighted by Crippen LogP contribution is -2.42. The Morgan fingerprint density at radius 2 is 2.00 bits per heavy atom. The molecule has 1 aromatic rings. The summed E-state index contributed by atoms with van der Waals surface area (Å²) < 4.78 is 0. The Kier molecular flexibility index (Phi) is 9.17. The van der Waals surface area contributed by atoms with E-state index in [0.717, 1.165) is 44.1 Å². The average molecular weight is 468 g/mol. The summed E-state index contributed by atoms with van der Waals surface area (Å²) in [5.41, 5.74) is 3.74. The van der Waals surface area contributed by atoms with E-state index in [9.17, 15) is 15.0 Å². The molecule has 1 aromatic carbocycles. The van der Waals surface area contributed by atoms with E-state index in [-0.39, 0.29) is 23.5 Å². The quantitative estimate of drug-likeness (QED) is 0.347. The Morgan fingerprint density at radius 3 is 2.71 bits per heavy atom. The van der Waals surface area contributed by atoms with Gasteiger partial charge in [-0.15, -0.1) is 0 Å². The van der Waals surface area contributed by atoms with Gasteiger partial charge in [0.25, 0.3) is 0 Å². The third kappa shape index (κ3) is 7.29. The number of aryl methyl sites for hydroxylation is 1. The molecule has 0 aliphatic heterocycles. The van der Waals surface area contributed by atoms with Gasteiger partial charge in [-0.25, -0.2) is 0 Å². The molecule has 2 aliphatic carbocycles. The molecule has 4 heteroatoms. The minimum atomic E-state index is -0.526. The Labute approximate surface area is 206 Å². The molecular weight excluding hydrogens is 422 g/mol. The zero-order chi connectivity index (χ0) is 24.9. The first-order chi connectivity index (χ1) is 16.0. The number of hydrogen-bond donors (Lipinski definition) is 2. The van der Waals surface area contributed by atoms with Gasteiger partial charge in [-0.05, 0) is 77.2 Å². The van der Waals surface area contributed by atoms with Gasteiger partial charge in [-0.1, -0.05) is 60.1 Å². The van der Waals surface area contributed by atoms with E-state index in [4.69, 9.17) is 0 Å². The molecule has 1 saturated carbocycles. The molecule has 0 saturated heterocycles. The number of fused-ring (bicyclic) bond motifs is 1. The monoisotopic (exact) mass is 467 g/mol. The molecule has 1 amide bonds. The van der Waals surface area contributed by atoms with Crippen LogP contribution in [0, 0.1) is 24.7 Å². The van der Waals surface area contributed by atoms with Crippen molar-refractivity contribution in [3.63, 3.8) is 0 Å². The maximum Gasteiger partial charge on any atom is 0.222 e. The van der Waals surface area contributed by atoms with E-state index >= 15 is 0 Å². The summed E-state index contributed by atoms with van der Waals surface area (Å²) in [4.78, 5) is 14.2. The Balaban J connectivity index is 1.41. The predicted molar refractivity (Wildman–Crippen MR) is 139 cm³/mol. The molecule has 5 atom stereocenters. The van der Waals surface area contributed by atoms with Crippen LogP contribution >= 0.6 is 0 Å². The Hall–Kier alpha value is -1.91. The summed E-state index contributed by atoms with van der Waals surface area (Å²) in [5, 5.41) is 21.1. The van der Waals surface area contributed by atoms with Crippen LogP contribution in [0.3, 0.4) is 0 Å². The van der Waals surface area contributed by atoms with Crippen molar-refractivity contribution in [2.24, 2.45) is 17.8 Å². The number of carbonyl (C=O) groups is 1. The van der Waals surface area contributed by atoms with Crippen LogP contribution in [-0.2, 0) is 11.2 Å². The highest BCUT2D eigenvalue weighted by Gasteiger charge is 2.43. The molecule has 4 nitrogen and oxygen atoms in total. The first kappa shape index (κ1) is 26.7. The molecule has 0 heterocycles. The molecule has 0 bridgehead atoms. The average Bonchev–Trinajstić information content (AvgIpc) is 3.26. The third-order valence-electron chi connectivity index (χ3n) is 7.80. The van der Waals surface area contributed by atoms with Crippen molar-refractivity contribution in [2.75, 3.05) is 7.05 Å². The SMILES string of the molecule is Cc1cccc(C[C@H](O)/C=C/[C@@H]2[C@H]3CC(CCCCCC(=O)N(C)C(C)(C)C)=C[C@H]3C[C@H]2O)c1. The minimum Gasteiger partial charge on any atom is -0.392 e. The van der Waals surface area contributed by atoms with Crippen molar-refractivity contribution in [3.8, 4) is 0 Å². The Morgan fingerprint density at radius 1 is 1.24 bits per heavy atom. The number of carbonyl (C=O) groups excluding carboxylic acids is 1. The lowest BCUT2D eigenvalue weighted by Gasteiger charge is -2.32. The second-order valence-corrected chi connectivity index (χ2v) is 11.6. The molecule has 0 unspecified atom stereocenters. The zero-order valence-corrected chi connectivity index (χ0v) is 21.8. The minimum absolute atomic E-state index is 0.115. The highest BCUT2D eigenvalue weighted by Crippen LogP contribution is 2.48. The van der Waals surface area contributed by atoms with Crippen LogP contribution in [0.5, 0.6) is 0 Å². The smallest absolute Gasteiger partial charge is 0.222 e. The lowest BCUT2D eigenvalue weighted by atomic mass is 9.88. The zero-order valence-electron chi connectivity index (χ0n) is 21.8. The van der Waals surface area contributed by atoms with E-state index in [1.807, 2.05) is 24.1 Å². The standard InChI is InChI=1S/C30H45NO3/c1-21-10-9-12-22(16-21)18-25(32)14-15-26-27-19-23(17-24(27)20-28(26)33)11-7-6-8-13-29(34)31(5)30(2,3)4/h9-10,12,14-17,24-28,32-33H,6-8,11,13,18-20H2,1-5H3/b15-14+/t24-,25+,26+,27-,28+/m0/s1. The highest BCUT2D eigenvalue weighted by atomic mass is 16.3. The molecule has 3 rings (SSSR count). The van der Waals surface area contributed by atoms with Crippen molar-refractivity contribution >= 4 is 5.91 Å². The van der Waals surface area contributed by atoms with Gasteiger partial charge in [0, 0.05) is 31.3 Å². The molecule has 2 N–H and O–H groups in total. The van der Waals surface area contributed by atoms with Crippen LogP contribution < -0.4 is 0 Å². The number of amides is 1. The van der Waals surface area contributed by atoms with E-state index in [1.165, 1.54) is 11.1 Å². The molecule has 2 aliphatic rings. The number of aliphatic hydroxyl groups is 2. The van der Waals surface area contributed by atoms with Crippen molar-refractivity contribution in [1.29, 1.82) is 0 Å². The second kappa shape index (κ2) is 11.7. The topological polar surface area (TPSA) is 60.8 Å². The van der Waals surface area contributed by atoms with E-state index in [1.54, 1.807) is 0 Å². The Bertz CT molecular complexity index is 881. The summed E-state index contributed by atoms with van der Waals surface area (Å²) in [6, 6.07) is 8.26. The van der Waals surface area contributed by atoms with Gasteiger partial charge >= 0.3 is 0 Å². The summed E-state index contributed by atoms with van der Waals surface area (Å²) in [6.07, 6.45) is 12.9.